The molecule has 0 amide bonds. The van der Waals surface area contributed by atoms with E-state index in [2.05, 4.69) is 32.3 Å². The second kappa shape index (κ2) is 5.34. The van der Waals surface area contributed by atoms with Crippen molar-refractivity contribution < 1.29 is 0 Å². The van der Waals surface area contributed by atoms with Gasteiger partial charge in [-0.25, -0.2) is 15.8 Å². The van der Waals surface area contributed by atoms with E-state index >= 15 is 0 Å². The van der Waals surface area contributed by atoms with Gasteiger partial charge in [0.15, 0.2) is 11.5 Å². The van der Waals surface area contributed by atoms with Gasteiger partial charge in [0, 0.05) is 13.1 Å². The van der Waals surface area contributed by atoms with Crippen LogP contribution in [0.15, 0.2) is 6.20 Å². The van der Waals surface area contributed by atoms with Gasteiger partial charge in [0.05, 0.1) is 18.1 Å². The van der Waals surface area contributed by atoms with E-state index in [9.17, 15) is 0 Å². The van der Waals surface area contributed by atoms with Crippen LogP contribution in [0.25, 0.3) is 11.0 Å². The number of hydrazine groups is 1. The summed E-state index contributed by atoms with van der Waals surface area (Å²) in [5.74, 6) is 7.01. The first-order valence-corrected chi connectivity index (χ1v) is 7.12. The highest BCUT2D eigenvalue weighted by atomic mass is 15.3. The van der Waals surface area contributed by atoms with Crippen LogP contribution < -0.4 is 11.3 Å². The lowest BCUT2D eigenvalue weighted by Crippen LogP contribution is -2.29. The third kappa shape index (κ3) is 2.23. The normalized spacial score (nSPS) is 19.9. The van der Waals surface area contributed by atoms with Crippen LogP contribution in [-0.2, 0) is 13.6 Å². The number of fused-ring (bicyclic) bond motifs is 1. The number of anilines is 1. The van der Waals surface area contributed by atoms with Crippen molar-refractivity contribution in [2.45, 2.75) is 38.8 Å². The third-order valence-corrected chi connectivity index (χ3v) is 4.09. The van der Waals surface area contributed by atoms with E-state index in [0.29, 0.717) is 11.9 Å². The van der Waals surface area contributed by atoms with Gasteiger partial charge in [-0.1, -0.05) is 6.92 Å². The summed E-state index contributed by atoms with van der Waals surface area (Å²) < 4.78 is 1.75. The van der Waals surface area contributed by atoms with E-state index in [4.69, 9.17) is 5.84 Å². The summed E-state index contributed by atoms with van der Waals surface area (Å²) >= 11 is 0. The maximum absolute atomic E-state index is 5.56. The van der Waals surface area contributed by atoms with Crippen LogP contribution in [0.2, 0.25) is 0 Å². The number of nitrogens with zero attached hydrogens (tertiary/aromatic N) is 5. The van der Waals surface area contributed by atoms with Gasteiger partial charge in [-0.2, -0.15) is 5.10 Å². The zero-order chi connectivity index (χ0) is 14.1. The fraction of sp³-hybridized carbons (Fsp3) is 0.615. The molecule has 0 aromatic carbocycles. The van der Waals surface area contributed by atoms with Crippen LogP contribution in [0.1, 0.15) is 32.0 Å². The summed E-state index contributed by atoms with van der Waals surface area (Å²) in [6.07, 6.45) is 5.44. The summed E-state index contributed by atoms with van der Waals surface area (Å²) in [6.45, 7) is 4.13. The van der Waals surface area contributed by atoms with Gasteiger partial charge < -0.3 is 5.43 Å². The number of aryl methyl sites for hydroxylation is 1. The Bertz CT molecular complexity index is 606. The Hall–Kier alpha value is -1.73. The molecule has 0 saturated carbocycles. The molecule has 2 aromatic heterocycles. The molecule has 3 heterocycles. The maximum atomic E-state index is 5.56. The van der Waals surface area contributed by atoms with Crippen LogP contribution in [0.3, 0.4) is 0 Å². The summed E-state index contributed by atoms with van der Waals surface area (Å²) in [7, 11) is 1.88. The molecule has 1 aliphatic rings. The zero-order valence-corrected chi connectivity index (χ0v) is 12.0. The van der Waals surface area contributed by atoms with Gasteiger partial charge in [0.2, 0.25) is 0 Å². The molecule has 7 heteroatoms. The number of nitrogen functional groups attached to an aromatic ring is 1. The van der Waals surface area contributed by atoms with Crippen LogP contribution in [0, 0.1) is 0 Å². The van der Waals surface area contributed by atoms with Crippen LogP contribution in [0.5, 0.6) is 0 Å². The number of likely N-dealkylation sites (tertiary alicyclic amines) is 1. The number of nitrogens with one attached hydrogen (secondary N) is 1. The van der Waals surface area contributed by atoms with Gasteiger partial charge in [-0.3, -0.25) is 9.58 Å². The highest BCUT2D eigenvalue weighted by Gasteiger charge is 2.24. The van der Waals surface area contributed by atoms with Gasteiger partial charge in [0.25, 0.3) is 0 Å². The highest BCUT2D eigenvalue weighted by Crippen LogP contribution is 2.23. The van der Waals surface area contributed by atoms with Gasteiger partial charge in [0.1, 0.15) is 5.82 Å². The topological polar surface area (TPSA) is 84.9 Å². The van der Waals surface area contributed by atoms with E-state index in [-0.39, 0.29) is 0 Å². The Kier molecular flexibility index (Phi) is 3.54. The summed E-state index contributed by atoms with van der Waals surface area (Å²) in [4.78, 5) is 11.6. The van der Waals surface area contributed by atoms with Crippen molar-refractivity contribution in [3.8, 4) is 0 Å². The minimum Gasteiger partial charge on any atom is -0.308 e. The lowest BCUT2D eigenvalue weighted by molar-refractivity contribution is 0.234. The highest BCUT2D eigenvalue weighted by molar-refractivity contribution is 5.86. The Morgan fingerprint density at radius 1 is 1.45 bits per heavy atom. The van der Waals surface area contributed by atoms with E-state index in [1.54, 1.807) is 10.9 Å². The number of hydrogen-bond donors (Lipinski definition) is 2. The van der Waals surface area contributed by atoms with Gasteiger partial charge >= 0.3 is 0 Å². The fourth-order valence-electron chi connectivity index (χ4n) is 3.00. The molecule has 1 atom stereocenters. The molecule has 7 nitrogen and oxygen atoms in total. The first kappa shape index (κ1) is 13.3. The predicted molar refractivity (Wildman–Crippen MR) is 77.8 cm³/mol. The minimum atomic E-state index is 0.644. The van der Waals surface area contributed by atoms with Crippen molar-refractivity contribution in [3.63, 3.8) is 0 Å². The molecule has 2 aromatic rings. The second-order valence-corrected chi connectivity index (χ2v) is 5.31. The third-order valence-electron chi connectivity index (χ3n) is 4.09. The van der Waals surface area contributed by atoms with Crippen molar-refractivity contribution in [3.05, 3.63) is 12.0 Å². The van der Waals surface area contributed by atoms with Gasteiger partial charge in [-0.05, 0) is 25.8 Å². The molecule has 1 aliphatic heterocycles. The maximum Gasteiger partial charge on any atom is 0.163 e. The smallest absolute Gasteiger partial charge is 0.163 e. The van der Waals surface area contributed by atoms with Gasteiger partial charge in [-0.15, -0.1) is 0 Å². The molecule has 0 bridgehead atoms. The molecular weight excluding hydrogens is 254 g/mol. The lowest BCUT2D eigenvalue weighted by Gasteiger charge is -2.22. The first-order valence-electron chi connectivity index (χ1n) is 7.12. The van der Waals surface area contributed by atoms with Crippen molar-refractivity contribution >= 4 is 16.9 Å². The molecule has 20 heavy (non-hydrogen) atoms. The number of nitrogens with two attached hydrogens (primary N) is 1. The van der Waals surface area contributed by atoms with E-state index in [0.717, 1.165) is 29.9 Å². The van der Waals surface area contributed by atoms with E-state index in [1.807, 2.05) is 7.05 Å². The second-order valence-electron chi connectivity index (χ2n) is 5.31. The Balaban J connectivity index is 1.93. The van der Waals surface area contributed by atoms with Crippen molar-refractivity contribution in [1.29, 1.82) is 0 Å². The van der Waals surface area contributed by atoms with Crippen LogP contribution in [0.4, 0.5) is 5.82 Å². The summed E-state index contributed by atoms with van der Waals surface area (Å²) in [5.41, 5.74) is 3.47. The SMILES string of the molecule is CCC1CCCN1Cc1nc(NN)c2cnn(C)c2n1. The molecule has 1 unspecified atom stereocenters. The average Bonchev–Trinajstić information content (AvgIpc) is 3.05. The molecule has 1 saturated heterocycles. The monoisotopic (exact) mass is 275 g/mol. The van der Waals surface area contributed by atoms with Crippen molar-refractivity contribution in [2.24, 2.45) is 12.9 Å². The van der Waals surface area contributed by atoms with E-state index in [1.165, 1.54) is 19.3 Å². The molecule has 0 radical (unpaired) electrons. The van der Waals surface area contributed by atoms with Crippen LogP contribution in [-0.4, -0.2) is 37.2 Å². The number of hydrogen-bond acceptors (Lipinski definition) is 6. The van der Waals surface area contributed by atoms with Crippen LogP contribution >= 0.6 is 0 Å². The lowest BCUT2D eigenvalue weighted by atomic mass is 10.2. The quantitative estimate of drug-likeness (QED) is 0.640. The number of aromatic nitrogens is 4. The number of rotatable bonds is 4. The zero-order valence-electron chi connectivity index (χ0n) is 12.0. The molecule has 3 rings (SSSR count). The largest absolute Gasteiger partial charge is 0.308 e. The molecule has 0 spiro atoms. The fourth-order valence-corrected chi connectivity index (χ4v) is 3.00. The molecule has 108 valence electrons. The molecule has 3 N–H and O–H groups in total. The standard InChI is InChI=1S/C13H21N7/c1-3-9-5-4-6-20(9)8-11-16-12(18-14)10-7-15-19(2)13(10)17-11/h7,9H,3-6,8,14H2,1-2H3,(H,16,17,18). The predicted octanol–water partition coefficient (Wildman–Crippen LogP) is 1.02. The molecule has 0 aliphatic carbocycles. The first-order chi connectivity index (χ1) is 9.72. The molecular formula is C13H21N7. The Morgan fingerprint density at radius 3 is 3.05 bits per heavy atom. The molecule has 1 fully saturated rings. The summed E-state index contributed by atoms with van der Waals surface area (Å²) in [6, 6.07) is 0.648. The van der Waals surface area contributed by atoms with Crippen molar-refractivity contribution in [1.82, 2.24) is 24.6 Å². The summed E-state index contributed by atoms with van der Waals surface area (Å²) in [5, 5.41) is 5.07. The van der Waals surface area contributed by atoms with E-state index < -0.39 is 0 Å². The Morgan fingerprint density at radius 2 is 2.30 bits per heavy atom. The Labute approximate surface area is 118 Å². The van der Waals surface area contributed by atoms with Crippen molar-refractivity contribution in [2.75, 3.05) is 12.0 Å². The minimum absolute atomic E-state index is 0.644. The average molecular weight is 275 g/mol.